The third-order valence-corrected chi connectivity index (χ3v) is 17.5. The van der Waals surface area contributed by atoms with Crippen molar-refractivity contribution in [2.24, 2.45) is 0 Å². The zero-order chi connectivity index (χ0) is 32.0. The monoisotopic (exact) mass is 687 g/mol. The fourth-order valence-electron chi connectivity index (χ4n) is 6.36. The molecule has 244 valence electrons. The van der Waals surface area contributed by atoms with E-state index in [1.54, 1.807) is 19.1 Å². The molecule has 0 amide bonds. The van der Waals surface area contributed by atoms with Crippen molar-refractivity contribution in [2.45, 2.75) is 86.9 Å². The van der Waals surface area contributed by atoms with Crippen LogP contribution in [0.4, 0.5) is 8.78 Å². The number of hydrogen-bond acceptors (Lipinski definition) is 7. The Hall–Kier alpha value is -1.17. The Bertz CT molecular complexity index is 1540. The van der Waals surface area contributed by atoms with Crippen LogP contribution in [0, 0.1) is 0 Å². The first-order valence-corrected chi connectivity index (χ1v) is 20.6. The lowest BCUT2D eigenvalue weighted by Crippen LogP contribution is -2.50. The topological polar surface area (TPSA) is 146 Å². The fraction of sp³-hybridized carbons (Fsp3) is 0.741. The van der Waals surface area contributed by atoms with Gasteiger partial charge in [0, 0.05) is 29.5 Å². The van der Waals surface area contributed by atoms with Gasteiger partial charge in [0.2, 0.25) is 15.8 Å². The fourth-order valence-corrected chi connectivity index (χ4v) is 12.9. The number of nitrogens with zero attached hydrogens (tertiary/aromatic N) is 2. The highest BCUT2D eigenvalue weighted by atomic mass is 32.3. The maximum atomic E-state index is 14.4. The third kappa shape index (κ3) is 6.70. The van der Waals surface area contributed by atoms with Crippen LogP contribution in [-0.4, -0.2) is 90.6 Å². The van der Waals surface area contributed by atoms with Gasteiger partial charge in [-0.2, -0.15) is 25.8 Å². The van der Waals surface area contributed by atoms with E-state index >= 15 is 0 Å². The number of hydrogen-bond donors (Lipinski definition) is 1. The maximum absolute atomic E-state index is 14.4. The average molecular weight is 688 g/mol. The Balaban J connectivity index is 1.69. The van der Waals surface area contributed by atoms with Crippen molar-refractivity contribution >= 4 is 46.8 Å². The lowest BCUT2D eigenvalue weighted by atomic mass is 9.77. The predicted molar refractivity (Wildman–Crippen MR) is 163 cm³/mol. The molecule has 2 atom stereocenters. The Morgan fingerprint density at radius 2 is 1.56 bits per heavy atom. The Kier molecular flexibility index (Phi) is 10.1. The summed E-state index contributed by atoms with van der Waals surface area (Å²) in [5.74, 6) is 0.196. The summed E-state index contributed by atoms with van der Waals surface area (Å²) in [6.07, 6.45) is 5.51. The second kappa shape index (κ2) is 12.6. The quantitative estimate of drug-likeness (QED) is 0.222. The van der Waals surface area contributed by atoms with E-state index in [2.05, 4.69) is 0 Å². The van der Waals surface area contributed by atoms with Crippen molar-refractivity contribution in [3.63, 3.8) is 0 Å². The van der Waals surface area contributed by atoms with Crippen molar-refractivity contribution in [2.75, 3.05) is 37.0 Å². The Morgan fingerprint density at radius 3 is 2.16 bits per heavy atom. The number of rotatable bonds is 10. The van der Waals surface area contributed by atoms with Gasteiger partial charge in [-0.05, 0) is 75.5 Å². The van der Waals surface area contributed by atoms with Gasteiger partial charge in [0.15, 0.2) is 10.6 Å². The first kappa shape index (κ1) is 34.7. The summed E-state index contributed by atoms with van der Waals surface area (Å²) in [5.41, 5.74) is 2.00. The molecule has 0 aromatic heterocycles. The Morgan fingerprint density at radius 1 is 0.930 bits per heavy atom. The molecular weight excluding hydrogens is 647 g/mol. The molecule has 1 aliphatic carbocycles. The lowest BCUT2D eigenvalue weighted by molar-refractivity contribution is 0.0956. The summed E-state index contributed by atoms with van der Waals surface area (Å²) in [6, 6.07) is 5.36. The smallest absolute Gasteiger partial charge is 0.288 e. The predicted octanol–water partition coefficient (Wildman–Crippen LogP) is 3.88. The van der Waals surface area contributed by atoms with Crippen molar-refractivity contribution in [1.82, 2.24) is 8.61 Å². The van der Waals surface area contributed by atoms with Gasteiger partial charge >= 0.3 is 14.7 Å². The van der Waals surface area contributed by atoms with Crippen molar-refractivity contribution < 1.29 is 43.4 Å². The second-order valence-electron chi connectivity index (χ2n) is 12.1. The zero-order valence-electron chi connectivity index (χ0n) is 24.7. The van der Waals surface area contributed by atoms with E-state index in [0.29, 0.717) is 34.2 Å². The van der Waals surface area contributed by atoms with Crippen LogP contribution in [0.5, 0.6) is 0 Å². The van der Waals surface area contributed by atoms with E-state index in [9.17, 15) is 38.8 Å². The number of piperidine rings is 1. The highest BCUT2D eigenvalue weighted by molar-refractivity contribution is 8.06. The first-order chi connectivity index (χ1) is 19.8. The molecule has 1 saturated carbocycles. The summed E-state index contributed by atoms with van der Waals surface area (Å²) < 4.78 is 106. The van der Waals surface area contributed by atoms with Crippen LogP contribution in [0.2, 0.25) is 0 Å². The summed E-state index contributed by atoms with van der Waals surface area (Å²) in [7, 11) is -15.9. The number of carbonyl (C=O) groups excluding carboxylic acids is 1. The van der Waals surface area contributed by atoms with Crippen molar-refractivity contribution in [3.05, 3.63) is 34.9 Å². The number of benzene rings is 1. The number of ketones is 1. The van der Waals surface area contributed by atoms with Crippen molar-refractivity contribution in [1.29, 1.82) is 0 Å². The van der Waals surface area contributed by atoms with Crippen LogP contribution in [0.15, 0.2) is 18.2 Å². The molecule has 0 spiro atoms. The third-order valence-electron chi connectivity index (χ3n) is 9.07. The van der Waals surface area contributed by atoms with Crippen LogP contribution in [0.1, 0.15) is 99.0 Å². The molecule has 0 radical (unpaired) electrons. The summed E-state index contributed by atoms with van der Waals surface area (Å²) in [5, 5.41) is 0. The molecule has 4 rings (SSSR count). The first-order valence-electron chi connectivity index (χ1n) is 14.5. The molecule has 43 heavy (non-hydrogen) atoms. The molecule has 3 aliphatic rings. The van der Waals surface area contributed by atoms with Gasteiger partial charge in [0.05, 0.1) is 12.3 Å². The highest BCUT2D eigenvalue weighted by Gasteiger charge is 2.60. The van der Waals surface area contributed by atoms with Crippen LogP contribution in [0.25, 0.3) is 0 Å². The standard InChI is InChI=1S/C27H40F2N2O8S4/c1-4-41(33,34)31-15-16-40(19-31)26(2,3)25(32)21-12-13-23(20-9-6-5-7-10-20)24(17-21)22-11-8-14-30(18-22)42(35,36)27(28,29)43(37,38)39/h12-13,17,20,22H,4-11,14-16,18-19H2,1-3H3/p+1. The van der Waals surface area contributed by atoms with E-state index in [1.807, 2.05) is 19.9 Å². The highest BCUT2D eigenvalue weighted by Crippen LogP contribution is 2.42. The molecule has 0 bridgehead atoms. The lowest BCUT2D eigenvalue weighted by Gasteiger charge is -2.36. The van der Waals surface area contributed by atoms with E-state index in [-0.39, 0.29) is 36.3 Å². The number of sulfonamides is 2. The summed E-state index contributed by atoms with van der Waals surface area (Å²) >= 11 is 0. The van der Waals surface area contributed by atoms with Gasteiger partial charge in [0.25, 0.3) is 10.0 Å². The molecule has 2 heterocycles. The molecule has 10 nitrogen and oxygen atoms in total. The summed E-state index contributed by atoms with van der Waals surface area (Å²) in [4.78, 5) is 14.0. The molecule has 1 N–H and O–H groups in total. The SMILES string of the molecule is CCS(=O)(=O)N1CC[S+](C(C)(C)C(=O)c2ccc(C3CCCCC3)c(C3CCCN(S(=O)(=O)C(F)(F)S(=O)(=O)O)C3)c2)C1. The molecule has 16 heteroatoms. The Labute approximate surface area is 256 Å². The van der Waals surface area contributed by atoms with Gasteiger partial charge in [-0.25, -0.2) is 16.8 Å². The minimum atomic E-state index is -6.22. The van der Waals surface area contributed by atoms with Gasteiger partial charge in [-0.3, -0.25) is 9.35 Å². The number of Topliss-reactive ketones (excluding diaryl/α,β-unsaturated/α-hetero) is 1. The van der Waals surface area contributed by atoms with Crippen LogP contribution in [-0.2, 0) is 41.1 Å². The molecule has 2 unspecified atom stereocenters. The minimum absolute atomic E-state index is 0.0190. The number of halogens is 2. The van der Waals surface area contributed by atoms with Crippen molar-refractivity contribution in [3.8, 4) is 0 Å². The number of alkyl halides is 2. The van der Waals surface area contributed by atoms with Gasteiger partial charge < -0.3 is 0 Å². The van der Waals surface area contributed by atoms with E-state index < -0.39 is 62.9 Å². The van der Waals surface area contributed by atoms with E-state index in [4.69, 9.17) is 4.55 Å². The summed E-state index contributed by atoms with van der Waals surface area (Å²) in [6.45, 7) is 4.81. The van der Waals surface area contributed by atoms with E-state index in [0.717, 1.165) is 37.7 Å². The maximum Gasteiger partial charge on any atom is 0.484 e. The molecule has 2 saturated heterocycles. The molecule has 1 aromatic carbocycles. The molecular formula is C27H41F2N2O8S4+. The van der Waals surface area contributed by atoms with Crippen LogP contribution in [0.3, 0.4) is 0 Å². The van der Waals surface area contributed by atoms with E-state index in [1.165, 1.54) is 4.31 Å². The number of carbonyl (C=O) groups is 1. The largest absolute Gasteiger partial charge is 0.484 e. The molecule has 3 fully saturated rings. The van der Waals surface area contributed by atoms with Gasteiger partial charge in [0.1, 0.15) is 5.75 Å². The van der Waals surface area contributed by atoms with Crippen LogP contribution < -0.4 is 0 Å². The second-order valence-corrected chi connectivity index (χ2v) is 20.7. The zero-order valence-corrected chi connectivity index (χ0v) is 27.9. The molecule has 1 aromatic rings. The molecule has 2 aliphatic heterocycles. The van der Waals surface area contributed by atoms with Crippen LogP contribution >= 0.6 is 0 Å². The van der Waals surface area contributed by atoms with Gasteiger partial charge in [-0.15, -0.1) is 0 Å². The normalized spacial score (nSPS) is 24.3. The minimum Gasteiger partial charge on any atom is -0.288 e. The average Bonchev–Trinajstić information content (AvgIpc) is 3.49. The van der Waals surface area contributed by atoms with Gasteiger partial charge in [-0.1, -0.05) is 31.4 Å².